The van der Waals surface area contributed by atoms with Gasteiger partial charge in [-0.2, -0.15) is 0 Å². The van der Waals surface area contributed by atoms with Gasteiger partial charge in [-0.1, -0.05) is 12.2 Å². The lowest BCUT2D eigenvalue weighted by Gasteiger charge is -2.43. The molecule has 0 unspecified atom stereocenters. The molecule has 0 amide bonds. The van der Waals surface area contributed by atoms with Gasteiger partial charge in [0.25, 0.3) is 0 Å². The second-order valence-corrected chi connectivity index (χ2v) is 5.09. The molecule has 1 aliphatic carbocycles. The number of hydrogen-bond donors (Lipinski definition) is 0. The van der Waals surface area contributed by atoms with Gasteiger partial charge in [0.15, 0.2) is 5.79 Å². The lowest BCUT2D eigenvalue weighted by atomic mass is 9.68. The summed E-state index contributed by atoms with van der Waals surface area (Å²) >= 11 is 0. The van der Waals surface area contributed by atoms with Gasteiger partial charge in [0.05, 0.1) is 13.2 Å². The molecule has 0 aromatic rings. The predicted octanol–water partition coefficient (Wildman–Crippen LogP) is 3.44. The van der Waals surface area contributed by atoms with E-state index in [0.29, 0.717) is 5.41 Å². The molecule has 0 radical (unpaired) electrons. The fourth-order valence-electron chi connectivity index (χ4n) is 3.05. The van der Waals surface area contributed by atoms with Crippen LogP contribution in [0.4, 0.5) is 0 Å². The predicted molar refractivity (Wildman–Crippen MR) is 65.2 cm³/mol. The van der Waals surface area contributed by atoms with E-state index in [1.165, 1.54) is 0 Å². The molecule has 0 aromatic heterocycles. The smallest absolute Gasteiger partial charge is 0.168 e. The number of hydrogen-bond acceptors (Lipinski definition) is 2. The topological polar surface area (TPSA) is 18.5 Å². The fourth-order valence-corrected chi connectivity index (χ4v) is 3.05. The van der Waals surface area contributed by atoms with E-state index in [-0.39, 0.29) is 5.79 Å². The molecule has 1 spiro atoms. The van der Waals surface area contributed by atoms with Crippen LogP contribution in [0.3, 0.4) is 0 Å². The van der Waals surface area contributed by atoms with Crippen molar-refractivity contribution in [2.24, 2.45) is 5.41 Å². The Morgan fingerprint density at radius 1 is 0.875 bits per heavy atom. The normalized spacial score (nSPS) is 26.8. The standard InChI is InChI=1S/C14H22O2/c1-3-5-13(6-4-2)7-9-14(10-8-13)15-11-12-16-14/h3-4H,1-2,5-12H2. The van der Waals surface area contributed by atoms with Crippen molar-refractivity contribution in [3.8, 4) is 0 Å². The van der Waals surface area contributed by atoms with E-state index in [1.54, 1.807) is 0 Å². The summed E-state index contributed by atoms with van der Waals surface area (Å²) < 4.78 is 11.5. The van der Waals surface area contributed by atoms with E-state index < -0.39 is 0 Å². The number of rotatable bonds is 4. The average Bonchev–Trinajstić information content (AvgIpc) is 2.73. The number of allylic oxidation sites excluding steroid dienone is 2. The largest absolute Gasteiger partial charge is 0.348 e. The summed E-state index contributed by atoms with van der Waals surface area (Å²) in [4.78, 5) is 0. The minimum Gasteiger partial charge on any atom is -0.348 e. The molecule has 2 fully saturated rings. The van der Waals surface area contributed by atoms with Crippen LogP contribution in [0.2, 0.25) is 0 Å². The maximum absolute atomic E-state index is 5.76. The Labute approximate surface area is 98.3 Å². The molecule has 1 heterocycles. The van der Waals surface area contributed by atoms with Crippen LogP contribution in [0.1, 0.15) is 38.5 Å². The van der Waals surface area contributed by atoms with Crippen LogP contribution in [0.15, 0.2) is 25.3 Å². The van der Waals surface area contributed by atoms with Crippen LogP contribution >= 0.6 is 0 Å². The molecule has 0 N–H and O–H groups in total. The molecule has 0 bridgehead atoms. The molecule has 2 aliphatic rings. The second kappa shape index (κ2) is 4.72. The Kier molecular flexibility index (Phi) is 3.50. The maximum Gasteiger partial charge on any atom is 0.168 e. The van der Waals surface area contributed by atoms with E-state index >= 15 is 0 Å². The Hall–Kier alpha value is -0.600. The van der Waals surface area contributed by atoms with Gasteiger partial charge >= 0.3 is 0 Å². The summed E-state index contributed by atoms with van der Waals surface area (Å²) in [6.07, 6.45) is 10.6. The van der Waals surface area contributed by atoms with Crippen molar-refractivity contribution in [1.82, 2.24) is 0 Å². The van der Waals surface area contributed by atoms with Gasteiger partial charge in [-0.3, -0.25) is 0 Å². The van der Waals surface area contributed by atoms with Gasteiger partial charge in [0.1, 0.15) is 0 Å². The molecule has 2 heteroatoms. The average molecular weight is 222 g/mol. The monoisotopic (exact) mass is 222 g/mol. The molecule has 0 atom stereocenters. The molecule has 1 aliphatic heterocycles. The minimum atomic E-state index is -0.244. The Morgan fingerprint density at radius 3 is 1.81 bits per heavy atom. The summed E-state index contributed by atoms with van der Waals surface area (Å²) in [6.45, 7) is 9.27. The Bertz CT molecular complexity index is 242. The third-order valence-corrected chi connectivity index (χ3v) is 4.04. The van der Waals surface area contributed by atoms with Crippen molar-refractivity contribution in [3.63, 3.8) is 0 Å². The van der Waals surface area contributed by atoms with Crippen molar-refractivity contribution in [3.05, 3.63) is 25.3 Å². The highest BCUT2D eigenvalue weighted by molar-refractivity contribution is 4.97. The van der Waals surface area contributed by atoms with E-state index in [4.69, 9.17) is 9.47 Å². The Morgan fingerprint density at radius 2 is 1.38 bits per heavy atom. The van der Waals surface area contributed by atoms with E-state index in [0.717, 1.165) is 51.7 Å². The highest BCUT2D eigenvalue weighted by atomic mass is 16.7. The third kappa shape index (κ3) is 2.23. The van der Waals surface area contributed by atoms with Gasteiger partial charge in [-0.05, 0) is 31.1 Å². The third-order valence-electron chi connectivity index (χ3n) is 4.04. The molecular formula is C14H22O2. The van der Waals surface area contributed by atoms with Crippen molar-refractivity contribution >= 4 is 0 Å². The van der Waals surface area contributed by atoms with Gasteiger partial charge in [0, 0.05) is 12.8 Å². The fraction of sp³-hybridized carbons (Fsp3) is 0.714. The first-order chi connectivity index (χ1) is 7.74. The van der Waals surface area contributed by atoms with Crippen LogP contribution in [0, 0.1) is 5.41 Å². The molecule has 1 saturated heterocycles. The van der Waals surface area contributed by atoms with E-state index in [9.17, 15) is 0 Å². The van der Waals surface area contributed by atoms with Gasteiger partial charge in [-0.15, -0.1) is 13.2 Å². The summed E-state index contributed by atoms with van der Waals surface area (Å²) in [5, 5.41) is 0. The second-order valence-electron chi connectivity index (χ2n) is 5.09. The van der Waals surface area contributed by atoms with Crippen LogP contribution in [-0.4, -0.2) is 19.0 Å². The van der Waals surface area contributed by atoms with Gasteiger partial charge < -0.3 is 9.47 Å². The van der Waals surface area contributed by atoms with E-state index in [1.807, 2.05) is 12.2 Å². The summed E-state index contributed by atoms with van der Waals surface area (Å²) in [7, 11) is 0. The van der Waals surface area contributed by atoms with Crippen molar-refractivity contribution in [1.29, 1.82) is 0 Å². The first kappa shape index (κ1) is 11.9. The minimum absolute atomic E-state index is 0.244. The zero-order valence-electron chi connectivity index (χ0n) is 10.0. The van der Waals surface area contributed by atoms with Crippen LogP contribution in [0.5, 0.6) is 0 Å². The molecular weight excluding hydrogens is 200 g/mol. The lowest BCUT2D eigenvalue weighted by Crippen LogP contribution is -2.39. The van der Waals surface area contributed by atoms with Crippen LogP contribution < -0.4 is 0 Å². The van der Waals surface area contributed by atoms with Crippen molar-refractivity contribution in [2.75, 3.05) is 13.2 Å². The van der Waals surface area contributed by atoms with Crippen molar-refractivity contribution in [2.45, 2.75) is 44.3 Å². The zero-order valence-corrected chi connectivity index (χ0v) is 10.0. The van der Waals surface area contributed by atoms with Crippen LogP contribution in [0.25, 0.3) is 0 Å². The summed E-state index contributed by atoms with van der Waals surface area (Å²) in [5.74, 6) is -0.244. The first-order valence-corrected chi connectivity index (χ1v) is 6.24. The Balaban J connectivity index is 1.99. The molecule has 1 saturated carbocycles. The quantitative estimate of drug-likeness (QED) is 0.678. The summed E-state index contributed by atoms with van der Waals surface area (Å²) in [5.41, 5.74) is 0.365. The van der Waals surface area contributed by atoms with Gasteiger partial charge in [0.2, 0.25) is 0 Å². The molecule has 16 heavy (non-hydrogen) atoms. The first-order valence-electron chi connectivity index (χ1n) is 6.24. The lowest BCUT2D eigenvalue weighted by molar-refractivity contribution is -0.191. The molecule has 2 nitrogen and oxygen atoms in total. The SMILES string of the molecule is C=CCC1(CC=C)CCC2(CC1)OCCO2. The molecule has 2 rings (SSSR count). The zero-order chi connectivity index (χ0) is 11.5. The highest BCUT2D eigenvalue weighted by Gasteiger charge is 2.45. The summed E-state index contributed by atoms with van der Waals surface area (Å²) in [6, 6.07) is 0. The number of ether oxygens (including phenoxy) is 2. The highest BCUT2D eigenvalue weighted by Crippen LogP contribution is 2.48. The van der Waals surface area contributed by atoms with Gasteiger partial charge in [-0.25, -0.2) is 0 Å². The van der Waals surface area contributed by atoms with Crippen molar-refractivity contribution < 1.29 is 9.47 Å². The molecule has 0 aromatic carbocycles. The molecule has 90 valence electrons. The maximum atomic E-state index is 5.76. The van der Waals surface area contributed by atoms with Crippen LogP contribution in [-0.2, 0) is 9.47 Å². The van der Waals surface area contributed by atoms with E-state index in [2.05, 4.69) is 13.2 Å².